The topological polar surface area (TPSA) is 107 Å². The zero-order valence-electron chi connectivity index (χ0n) is 11.4. The van der Waals surface area contributed by atoms with Gasteiger partial charge in [-0.05, 0) is 32.0 Å². The quantitative estimate of drug-likeness (QED) is 0.448. The van der Waals surface area contributed by atoms with Crippen LogP contribution in [0.25, 0.3) is 0 Å². The van der Waals surface area contributed by atoms with E-state index in [1.54, 1.807) is 0 Å². The maximum atomic E-state index is 11.7. The number of hydrogen-bond donors (Lipinski definition) is 2. The molecular formula is C12H17Cl2N3O4. The molecule has 3 N–H and O–H groups in total. The highest BCUT2D eigenvalue weighted by atomic mass is 35.5. The number of amides is 1. The van der Waals surface area contributed by atoms with E-state index in [0.717, 1.165) is 0 Å². The van der Waals surface area contributed by atoms with Gasteiger partial charge in [0.15, 0.2) is 11.9 Å². The molecule has 1 aromatic carbocycles. The molecule has 1 amide bonds. The van der Waals surface area contributed by atoms with Gasteiger partial charge < -0.3 is 15.8 Å². The first-order valence-electron chi connectivity index (χ1n) is 6.04. The number of nitrogens with one attached hydrogen (secondary N) is 1. The molecule has 0 saturated carbocycles. The van der Waals surface area contributed by atoms with Crippen molar-refractivity contribution in [3.63, 3.8) is 0 Å². The summed E-state index contributed by atoms with van der Waals surface area (Å²) >= 11 is 5.69. The molecular weight excluding hydrogens is 321 g/mol. The van der Waals surface area contributed by atoms with E-state index >= 15 is 0 Å². The van der Waals surface area contributed by atoms with Gasteiger partial charge in [-0.25, -0.2) is 0 Å². The Hall–Kier alpha value is -1.57. The maximum absolute atomic E-state index is 11.7. The molecule has 0 saturated heterocycles. The van der Waals surface area contributed by atoms with Crippen LogP contribution in [0, 0.1) is 10.1 Å². The Morgan fingerprint density at radius 1 is 1.57 bits per heavy atom. The van der Waals surface area contributed by atoms with Gasteiger partial charge in [0.25, 0.3) is 5.91 Å². The Bertz CT molecular complexity index is 499. The number of hydrogen-bond acceptors (Lipinski definition) is 5. The van der Waals surface area contributed by atoms with Crippen molar-refractivity contribution in [2.45, 2.75) is 19.4 Å². The lowest BCUT2D eigenvalue weighted by Crippen LogP contribution is -2.37. The van der Waals surface area contributed by atoms with Crippen LogP contribution in [-0.4, -0.2) is 30.0 Å². The van der Waals surface area contributed by atoms with Gasteiger partial charge in [-0.1, -0.05) is 11.6 Å². The predicted octanol–water partition coefficient (Wildman–Crippen LogP) is 1.90. The number of nitro groups is 1. The molecule has 118 valence electrons. The van der Waals surface area contributed by atoms with E-state index in [4.69, 9.17) is 22.1 Å². The summed E-state index contributed by atoms with van der Waals surface area (Å²) in [6, 6.07) is 4.00. The zero-order valence-corrected chi connectivity index (χ0v) is 12.9. The molecule has 0 spiro atoms. The average Bonchev–Trinajstić information content (AvgIpc) is 2.40. The van der Waals surface area contributed by atoms with Gasteiger partial charge >= 0.3 is 5.69 Å². The lowest BCUT2D eigenvalue weighted by atomic mass is 10.3. The van der Waals surface area contributed by atoms with Crippen molar-refractivity contribution in [3.05, 3.63) is 33.3 Å². The van der Waals surface area contributed by atoms with E-state index in [9.17, 15) is 14.9 Å². The Balaban J connectivity index is 0.00000400. The molecule has 0 aliphatic carbocycles. The molecule has 1 rings (SSSR count). The second kappa shape index (κ2) is 9.38. The number of carbonyl (C=O) groups excluding carboxylic acids is 1. The van der Waals surface area contributed by atoms with Crippen molar-refractivity contribution in [1.29, 1.82) is 0 Å². The fourth-order valence-electron chi connectivity index (χ4n) is 1.43. The van der Waals surface area contributed by atoms with Gasteiger partial charge in [-0.3, -0.25) is 14.9 Å². The smallest absolute Gasteiger partial charge is 0.312 e. The summed E-state index contributed by atoms with van der Waals surface area (Å²) in [5.41, 5.74) is 5.03. The van der Waals surface area contributed by atoms with Crippen molar-refractivity contribution in [3.8, 4) is 5.75 Å². The maximum Gasteiger partial charge on any atom is 0.312 e. The van der Waals surface area contributed by atoms with Crippen LogP contribution in [0.4, 0.5) is 5.69 Å². The van der Waals surface area contributed by atoms with Crippen molar-refractivity contribution in [2.75, 3.05) is 13.1 Å². The standard InChI is InChI=1S/C12H16ClN3O4.ClH/c1-8(12(17)15-6-2-5-14)20-11-4-3-9(13)7-10(11)16(18)19;/h3-4,7-8H,2,5-6,14H2,1H3,(H,15,17);1H. The molecule has 0 fully saturated rings. The lowest BCUT2D eigenvalue weighted by molar-refractivity contribution is -0.386. The average molecular weight is 338 g/mol. The molecule has 0 aliphatic heterocycles. The number of carbonyl (C=O) groups is 1. The van der Waals surface area contributed by atoms with E-state index in [-0.39, 0.29) is 34.8 Å². The number of nitrogens with two attached hydrogens (primary N) is 1. The first kappa shape index (κ1) is 19.4. The molecule has 0 aromatic heterocycles. The van der Waals surface area contributed by atoms with Crippen LogP contribution in [0.1, 0.15) is 13.3 Å². The molecule has 1 atom stereocenters. The first-order valence-corrected chi connectivity index (χ1v) is 6.42. The number of rotatable bonds is 7. The number of nitrogens with zero attached hydrogens (tertiary/aromatic N) is 1. The fourth-order valence-corrected chi connectivity index (χ4v) is 1.60. The monoisotopic (exact) mass is 337 g/mol. The summed E-state index contributed by atoms with van der Waals surface area (Å²) in [5.74, 6) is -0.358. The summed E-state index contributed by atoms with van der Waals surface area (Å²) < 4.78 is 5.31. The highest BCUT2D eigenvalue weighted by molar-refractivity contribution is 6.30. The molecule has 0 heterocycles. The summed E-state index contributed by atoms with van der Waals surface area (Å²) in [4.78, 5) is 22.0. The minimum atomic E-state index is -0.854. The summed E-state index contributed by atoms with van der Waals surface area (Å²) in [6.07, 6.45) is -0.202. The fraction of sp³-hybridized carbons (Fsp3) is 0.417. The van der Waals surface area contributed by atoms with E-state index in [1.807, 2.05) is 0 Å². The summed E-state index contributed by atoms with van der Waals surface area (Å²) in [5, 5.41) is 13.7. The van der Waals surface area contributed by atoms with Gasteiger partial charge in [-0.15, -0.1) is 12.4 Å². The van der Waals surface area contributed by atoms with E-state index in [1.165, 1.54) is 25.1 Å². The van der Waals surface area contributed by atoms with Crippen molar-refractivity contribution in [2.24, 2.45) is 5.73 Å². The summed E-state index contributed by atoms with van der Waals surface area (Å²) in [7, 11) is 0. The Kier molecular flexibility index (Phi) is 8.68. The molecule has 0 bridgehead atoms. The van der Waals surface area contributed by atoms with Crippen LogP contribution in [0.2, 0.25) is 5.02 Å². The Morgan fingerprint density at radius 2 is 2.24 bits per heavy atom. The third kappa shape index (κ3) is 6.16. The number of ether oxygens (including phenoxy) is 1. The van der Waals surface area contributed by atoms with Crippen LogP contribution in [0.15, 0.2) is 18.2 Å². The second-order valence-corrected chi connectivity index (χ2v) is 4.50. The van der Waals surface area contributed by atoms with Crippen LogP contribution >= 0.6 is 24.0 Å². The third-order valence-electron chi connectivity index (χ3n) is 2.47. The van der Waals surface area contributed by atoms with Crippen LogP contribution in [0.3, 0.4) is 0 Å². The first-order chi connectivity index (χ1) is 9.45. The van der Waals surface area contributed by atoms with E-state index in [0.29, 0.717) is 19.5 Å². The zero-order chi connectivity index (χ0) is 15.1. The molecule has 21 heavy (non-hydrogen) atoms. The van der Waals surface area contributed by atoms with Crippen LogP contribution in [-0.2, 0) is 4.79 Å². The SMILES string of the molecule is CC(Oc1ccc(Cl)cc1[N+](=O)[O-])C(=O)NCCCN.Cl. The van der Waals surface area contributed by atoms with Crippen molar-refractivity contribution in [1.82, 2.24) is 5.32 Å². The van der Waals surface area contributed by atoms with Crippen molar-refractivity contribution < 1.29 is 14.5 Å². The highest BCUT2D eigenvalue weighted by Gasteiger charge is 2.21. The molecule has 1 aromatic rings. The third-order valence-corrected chi connectivity index (χ3v) is 2.71. The van der Waals surface area contributed by atoms with Gasteiger partial charge in [0.1, 0.15) is 0 Å². The second-order valence-electron chi connectivity index (χ2n) is 4.06. The highest BCUT2D eigenvalue weighted by Crippen LogP contribution is 2.30. The predicted molar refractivity (Wildman–Crippen MR) is 82.1 cm³/mol. The van der Waals surface area contributed by atoms with Crippen molar-refractivity contribution >= 4 is 35.6 Å². The van der Waals surface area contributed by atoms with Crippen LogP contribution < -0.4 is 15.8 Å². The lowest BCUT2D eigenvalue weighted by Gasteiger charge is -2.14. The molecule has 9 heteroatoms. The van der Waals surface area contributed by atoms with E-state index < -0.39 is 11.0 Å². The van der Waals surface area contributed by atoms with Gasteiger partial charge in [0.2, 0.25) is 0 Å². The Morgan fingerprint density at radius 3 is 2.81 bits per heavy atom. The molecule has 7 nitrogen and oxygen atoms in total. The largest absolute Gasteiger partial charge is 0.474 e. The normalized spacial score (nSPS) is 11.2. The summed E-state index contributed by atoms with van der Waals surface area (Å²) in [6.45, 7) is 2.42. The number of nitro benzene ring substituents is 1. The van der Waals surface area contributed by atoms with Gasteiger partial charge in [0, 0.05) is 17.6 Å². The molecule has 0 radical (unpaired) electrons. The minimum absolute atomic E-state index is 0. The number of benzene rings is 1. The Labute approximate surface area is 133 Å². The van der Waals surface area contributed by atoms with Gasteiger partial charge in [-0.2, -0.15) is 0 Å². The van der Waals surface area contributed by atoms with Crippen LogP contribution in [0.5, 0.6) is 5.75 Å². The molecule has 1 unspecified atom stereocenters. The molecule has 0 aliphatic rings. The van der Waals surface area contributed by atoms with Gasteiger partial charge in [0.05, 0.1) is 4.92 Å². The van der Waals surface area contributed by atoms with E-state index in [2.05, 4.69) is 5.32 Å². The minimum Gasteiger partial charge on any atom is -0.474 e. The number of halogens is 2.